The molecule has 1 saturated carbocycles. The van der Waals surface area contributed by atoms with Crippen molar-refractivity contribution in [2.45, 2.75) is 31.0 Å². The van der Waals surface area contributed by atoms with Crippen LogP contribution in [0, 0.1) is 11.8 Å². The van der Waals surface area contributed by atoms with Crippen LogP contribution in [-0.2, 0) is 14.3 Å². The fraction of sp³-hybridized carbons (Fsp3) is 0.600. The number of rotatable bonds is 5. The number of carbonyl (C=O) groups is 2. The standard InChI is InChI=1S/C18H24N2O2.C2HF3O2/c1-22-11-17(21)19-18-14-5-3-2-4-13(14)15-9-20(10-16(15)18)8-12-6-7-12;3-2(4,5)1(6)7/h2-5,12,15-16,18H,6-11H2,1H3,(H,19,21);(H,6,7)/t15-,16-,18+;/m0./s1. The molecule has 6 nitrogen and oxygen atoms in total. The van der Waals surface area contributed by atoms with Crippen LogP contribution < -0.4 is 5.32 Å². The number of hydrogen-bond donors (Lipinski definition) is 2. The summed E-state index contributed by atoms with van der Waals surface area (Å²) < 4.78 is 36.7. The van der Waals surface area contributed by atoms with Crippen molar-refractivity contribution in [3.8, 4) is 0 Å². The van der Waals surface area contributed by atoms with Gasteiger partial charge in [0.05, 0.1) is 6.04 Å². The number of carbonyl (C=O) groups excluding carboxylic acids is 1. The molecule has 2 fully saturated rings. The Morgan fingerprint density at radius 3 is 2.38 bits per heavy atom. The quantitative estimate of drug-likeness (QED) is 0.774. The normalized spacial score (nSPS) is 25.6. The van der Waals surface area contributed by atoms with E-state index in [1.165, 1.54) is 30.5 Å². The highest BCUT2D eigenvalue weighted by atomic mass is 19.4. The summed E-state index contributed by atoms with van der Waals surface area (Å²) in [5.74, 6) is -0.758. The zero-order chi connectivity index (χ0) is 21.2. The van der Waals surface area contributed by atoms with Crippen molar-refractivity contribution in [3.05, 3.63) is 35.4 Å². The minimum atomic E-state index is -5.08. The molecule has 1 aromatic rings. The molecule has 0 spiro atoms. The summed E-state index contributed by atoms with van der Waals surface area (Å²) in [5, 5.41) is 10.3. The first-order chi connectivity index (χ1) is 13.7. The van der Waals surface area contributed by atoms with Crippen LogP contribution in [-0.4, -0.2) is 61.4 Å². The van der Waals surface area contributed by atoms with Crippen molar-refractivity contribution in [1.29, 1.82) is 0 Å². The molecule has 2 N–H and O–H groups in total. The lowest BCUT2D eigenvalue weighted by molar-refractivity contribution is -0.192. The van der Waals surface area contributed by atoms with E-state index in [1.54, 1.807) is 7.11 Å². The third-order valence-electron chi connectivity index (χ3n) is 5.65. The molecule has 0 bridgehead atoms. The number of hydrogen-bond acceptors (Lipinski definition) is 4. The Morgan fingerprint density at radius 2 is 1.83 bits per heavy atom. The number of methoxy groups -OCH3 is 1. The van der Waals surface area contributed by atoms with E-state index in [9.17, 15) is 18.0 Å². The number of carboxylic acid groups (broad SMARTS) is 1. The number of amides is 1. The summed E-state index contributed by atoms with van der Waals surface area (Å²) in [6, 6.07) is 8.77. The number of likely N-dealkylation sites (tertiary alicyclic amines) is 1. The van der Waals surface area contributed by atoms with Gasteiger partial charge < -0.3 is 20.1 Å². The molecule has 1 aromatic carbocycles. The van der Waals surface area contributed by atoms with Gasteiger partial charge in [-0.25, -0.2) is 4.79 Å². The number of nitrogens with zero attached hydrogens (tertiary/aromatic N) is 1. The van der Waals surface area contributed by atoms with E-state index >= 15 is 0 Å². The monoisotopic (exact) mass is 414 g/mol. The Bertz CT molecular complexity index is 751. The minimum absolute atomic E-state index is 0.0106. The molecule has 1 saturated heterocycles. The summed E-state index contributed by atoms with van der Waals surface area (Å²) in [6.07, 6.45) is -2.28. The van der Waals surface area contributed by atoms with E-state index in [4.69, 9.17) is 14.6 Å². The molecular weight excluding hydrogens is 389 g/mol. The molecule has 1 heterocycles. The first-order valence-electron chi connectivity index (χ1n) is 9.60. The molecule has 1 amide bonds. The van der Waals surface area contributed by atoms with Crippen LogP contribution in [0.4, 0.5) is 13.2 Å². The molecule has 9 heteroatoms. The van der Waals surface area contributed by atoms with Crippen LogP contribution in [0.2, 0.25) is 0 Å². The van der Waals surface area contributed by atoms with Crippen molar-refractivity contribution in [2.75, 3.05) is 33.4 Å². The number of carboxylic acids is 1. The topological polar surface area (TPSA) is 78.9 Å². The highest BCUT2D eigenvalue weighted by molar-refractivity contribution is 5.78. The lowest BCUT2D eigenvalue weighted by Crippen LogP contribution is -2.35. The number of nitrogens with one attached hydrogen (secondary N) is 1. The van der Waals surface area contributed by atoms with E-state index in [1.807, 2.05) is 0 Å². The van der Waals surface area contributed by atoms with Crippen LogP contribution in [0.1, 0.15) is 35.9 Å². The maximum Gasteiger partial charge on any atom is 0.490 e. The van der Waals surface area contributed by atoms with Crippen LogP contribution in [0.25, 0.3) is 0 Å². The van der Waals surface area contributed by atoms with Gasteiger partial charge in [0.2, 0.25) is 5.91 Å². The summed E-state index contributed by atoms with van der Waals surface area (Å²) in [4.78, 5) is 23.5. The molecule has 0 aromatic heterocycles. The van der Waals surface area contributed by atoms with Crippen LogP contribution >= 0.6 is 0 Å². The number of halogens is 3. The van der Waals surface area contributed by atoms with Gasteiger partial charge in [0.1, 0.15) is 6.61 Å². The molecule has 0 radical (unpaired) electrons. The summed E-state index contributed by atoms with van der Waals surface area (Å²) in [6.45, 7) is 3.64. The van der Waals surface area contributed by atoms with E-state index in [-0.39, 0.29) is 18.6 Å². The van der Waals surface area contributed by atoms with Crippen molar-refractivity contribution in [1.82, 2.24) is 10.2 Å². The predicted octanol–water partition coefficient (Wildman–Crippen LogP) is 2.56. The van der Waals surface area contributed by atoms with Crippen LogP contribution in [0.15, 0.2) is 24.3 Å². The predicted molar refractivity (Wildman–Crippen MR) is 98.3 cm³/mol. The zero-order valence-corrected chi connectivity index (χ0v) is 16.1. The van der Waals surface area contributed by atoms with Gasteiger partial charge in [-0.05, 0) is 29.9 Å². The molecule has 3 atom stereocenters. The number of ether oxygens (including phenoxy) is 1. The van der Waals surface area contributed by atoms with E-state index in [2.05, 4.69) is 34.5 Å². The second-order valence-electron chi connectivity index (χ2n) is 7.84. The Hall–Kier alpha value is -2.13. The molecule has 3 aliphatic rings. The van der Waals surface area contributed by atoms with Crippen LogP contribution in [0.5, 0.6) is 0 Å². The highest BCUT2D eigenvalue weighted by Gasteiger charge is 2.47. The van der Waals surface area contributed by atoms with Crippen LogP contribution in [0.3, 0.4) is 0 Å². The van der Waals surface area contributed by atoms with E-state index in [0.717, 1.165) is 19.0 Å². The second kappa shape index (κ2) is 8.71. The smallest absolute Gasteiger partial charge is 0.475 e. The average molecular weight is 414 g/mol. The van der Waals surface area contributed by atoms with Gasteiger partial charge in [0.15, 0.2) is 0 Å². The van der Waals surface area contributed by atoms with Gasteiger partial charge in [0, 0.05) is 38.6 Å². The van der Waals surface area contributed by atoms with Crippen molar-refractivity contribution in [3.63, 3.8) is 0 Å². The van der Waals surface area contributed by atoms with Gasteiger partial charge in [-0.15, -0.1) is 0 Å². The van der Waals surface area contributed by atoms with Crippen molar-refractivity contribution in [2.24, 2.45) is 11.8 Å². The highest BCUT2D eigenvalue weighted by Crippen LogP contribution is 2.49. The molecular formula is C20H25F3N2O4. The first kappa shape index (κ1) is 21.6. The maximum absolute atomic E-state index is 12.0. The fourth-order valence-corrected chi connectivity index (χ4v) is 4.29. The third-order valence-corrected chi connectivity index (χ3v) is 5.65. The van der Waals surface area contributed by atoms with Crippen molar-refractivity contribution >= 4 is 11.9 Å². The molecule has 160 valence electrons. The largest absolute Gasteiger partial charge is 0.490 e. The van der Waals surface area contributed by atoms with E-state index in [0.29, 0.717) is 11.8 Å². The average Bonchev–Trinajstić information content (AvgIpc) is 3.29. The molecule has 2 aliphatic carbocycles. The van der Waals surface area contributed by atoms with Gasteiger partial charge in [0.25, 0.3) is 0 Å². The first-order valence-corrected chi connectivity index (χ1v) is 9.60. The van der Waals surface area contributed by atoms with Gasteiger partial charge in [-0.3, -0.25) is 4.79 Å². The number of fused-ring (bicyclic) bond motifs is 3. The second-order valence-corrected chi connectivity index (χ2v) is 7.84. The molecule has 1 aliphatic heterocycles. The van der Waals surface area contributed by atoms with Gasteiger partial charge in [-0.1, -0.05) is 24.3 Å². The van der Waals surface area contributed by atoms with Gasteiger partial charge in [-0.2, -0.15) is 13.2 Å². The fourth-order valence-electron chi connectivity index (χ4n) is 4.29. The number of benzene rings is 1. The number of alkyl halides is 3. The lowest BCUT2D eigenvalue weighted by Gasteiger charge is -2.22. The minimum Gasteiger partial charge on any atom is -0.475 e. The summed E-state index contributed by atoms with van der Waals surface area (Å²) >= 11 is 0. The molecule has 0 unspecified atom stereocenters. The van der Waals surface area contributed by atoms with Crippen molar-refractivity contribution < 1.29 is 32.6 Å². The Kier molecular flexibility index (Phi) is 6.48. The molecule has 4 rings (SSSR count). The Labute approximate surface area is 167 Å². The van der Waals surface area contributed by atoms with Gasteiger partial charge >= 0.3 is 12.1 Å². The SMILES string of the molecule is COCC(=O)N[C@@H]1c2ccccc2[C@@H]2CN(CC3CC3)C[C@H]12.O=C(O)C(F)(F)F. The zero-order valence-electron chi connectivity index (χ0n) is 16.1. The molecule has 29 heavy (non-hydrogen) atoms. The maximum atomic E-state index is 12.0. The summed E-state index contributed by atoms with van der Waals surface area (Å²) in [7, 11) is 1.57. The Balaban J connectivity index is 0.000000298. The van der Waals surface area contributed by atoms with E-state index < -0.39 is 12.1 Å². The lowest BCUT2D eigenvalue weighted by atomic mass is 9.94. The third kappa shape index (κ3) is 5.27. The number of aliphatic carboxylic acids is 1. The summed E-state index contributed by atoms with van der Waals surface area (Å²) in [5.41, 5.74) is 2.75. The Morgan fingerprint density at radius 1 is 1.21 bits per heavy atom.